The fourth-order valence-electron chi connectivity index (χ4n) is 19.4. The fraction of sp³-hybridized carbons (Fsp3) is 0.323. The molecule has 4 aliphatic rings. The van der Waals surface area contributed by atoms with Gasteiger partial charge in [0.05, 0.1) is 123 Å². The Hall–Kier alpha value is -14.5. The maximum atomic E-state index is 16.4. The average Bonchev–Trinajstić information content (AvgIpc) is 1.26. The molecule has 3 saturated heterocycles. The van der Waals surface area contributed by atoms with Crippen LogP contribution < -0.4 is 49.0 Å². The van der Waals surface area contributed by atoms with E-state index in [1.807, 2.05) is 121 Å². The molecule has 712 valence electrons. The molecule has 15 aromatic rings. The third kappa shape index (κ3) is 16.4. The molecule has 1 aliphatic carbocycles. The van der Waals surface area contributed by atoms with Gasteiger partial charge in [0.2, 0.25) is 17.7 Å². The minimum absolute atomic E-state index is 0.00479. The Morgan fingerprint density at radius 1 is 0.413 bits per heavy atom. The first-order valence-electron chi connectivity index (χ1n) is 45.1. The average molecular weight is 1930 g/mol. The summed E-state index contributed by atoms with van der Waals surface area (Å²) in [6.07, 6.45) is 10.5. The summed E-state index contributed by atoms with van der Waals surface area (Å²) >= 11 is 20.5. The molecule has 3 aliphatic heterocycles. The number of amides is 3. The normalized spacial score (nSPS) is 17.5. The Morgan fingerprint density at radius 2 is 0.725 bits per heavy atom. The Bertz CT molecular complexity index is 7070. The van der Waals surface area contributed by atoms with E-state index in [1.54, 1.807) is 75.6 Å². The SMILES string of the molecule is C=CC(=O)N1C[C@H](C)N(c2nc(=O)n(-c3c(C)nc4c(ncn4C)c3C(C)C)c3nc(-c4c(N)cccc4F)c(Cl)cc23)C[C@H]1C.C=CC(=O)N1C[C@H](C)N(c2nc(=O)n(-c3c(C)nc4c(ncn4C)c3C(C)C)c3nc(-c4c(N)cccc4F)c(Cl)cc23)C[C@H]1C.C=CC(=O)N1C[C@H](C)N(c2nc(=O)n(-c3c(F)cc4c(ncn4C)c3C3CC3)c3nc(-c4c(N)cccc4F)c(Cl)cc23)C[C@H]1C. The lowest BCUT2D eigenvalue weighted by Gasteiger charge is -2.44. The highest BCUT2D eigenvalue weighted by Gasteiger charge is 2.41. The number of nitrogens with two attached hydrogens (primary N) is 3. The van der Waals surface area contributed by atoms with Gasteiger partial charge in [0.25, 0.3) is 0 Å². The number of imidazole rings is 3. The number of aryl methyl sites for hydroxylation is 5. The van der Waals surface area contributed by atoms with Crippen molar-refractivity contribution in [2.75, 3.05) is 71.2 Å². The zero-order chi connectivity index (χ0) is 99.0. The minimum atomic E-state index is -0.773. The smallest absolute Gasteiger partial charge is 0.355 e. The van der Waals surface area contributed by atoms with Gasteiger partial charge in [-0.1, -0.05) is 100 Å². The predicted octanol–water partition coefficient (Wildman–Crippen LogP) is 15.6. The molecule has 11 aromatic heterocycles. The van der Waals surface area contributed by atoms with Crippen molar-refractivity contribution in [1.82, 2.24) is 96.9 Å². The number of benzene rings is 4. The predicted molar refractivity (Wildman–Crippen MR) is 532 cm³/mol. The highest BCUT2D eigenvalue weighted by atomic mass is 35.5. The van der Waals surface area contributed by atoms with Gasteiger partial charge in [-0.3, -0.25) is 14.4 Å². The van der Waals surface area contributed by atoms with E-state index in [2.05, 4.69) is 49.6 Å². The van der Waals surface area contributed by atoms with E-state index >= 15 is 17.6 Å². The molecule has 32 nitrogen and oxygen atoms in total. The van der Waals surface area contributed by atoms with Crippen LogP contribution in [0.3, 0.4) is 0 Å². The standard InChI is InChI=1S/C33H31ClF2N8O2.2C33H35ClFN9O2/c1-5-25(45)42-13-17(3)43(14-16(42)2)31-19-11-20(34)28(27-21(35)7-6-8-23(27)37)39-32(19)44(33(46)40-31)30-22(36)12-24-29(38-15-41(24)4)26(30)18-9-10-18;2*1-8-24(45)42-13-18(5)43(14-17(42)4)30-20-12-21(34)27(26-22(35)10-9-11-23(26)36)39-31(20)44(33(46)40-30)29-19(6)38-32-28(25(29)16(2)3)37-15-41(32)7/h5-8,11-12,15-18H,1,9-10,13-14,37H2,2-4H3;2*8-12,15-18H,1,13-14,36H2,2-7H3/t16-,17+;2*17-,18+/m111/s1. The molecule has 0 spiro atoms. The van der Waals surface area contributed by atoms with Crippen molar-refractivity contribution >= 4 is 154 Å². The summed E-state index contributed by atoms with van der Waals surface area (Å²) in [5.41, 5.74) is 26.0. The molecular formula is C99H101Cl3F4N26O6. The van der Waals surface area contributed by atoms with Crippen molar-refractivity contribution in [2.24, 2.45) is 21.1 Å². The number of carbonyl (C=O) groups excluding carboxylic acids is 3. The van der Waals surface area contributed by atoms with Crippen LogP contribution in [0.15, 0.2) is 150 Å². The van der Waals surface area contributed by atoms with E-state index in [0.29, 0.717) is 129 Å². The number of nitrogens with zero attached hydrogens (tertiary/aromatic N) is 23. The van der Waals surface area contributed by atoms with Gasteiger partial charge in [-0.2, -0.15) is 15.0 Å². The lowest BCUT2D eigenvalue weighted by molar-refractivity contribution is -0.129. The molecule has 6 N–H and O–H groups in total. The number of halogens is 7. The third-order valence-electron chi connectivity index (χ3n) is 26.3. The van der Waals surface area contributed by atoms with Crippen LogP contribution in [0.5, 0.6) is 0 Å². The van der Waals surface area contributed by atoms with E-state index in [4.69, 9.17) is 76.9 Å². The molecule has 1 saturated carbocycles. The molecule has 39 heteroatoms. The largest absolute Gasteiger partial charge is 0.398 e. The number of anilines is 6. The van der Waals surface area contributed by atoms with Crippen molar-refractivity contribution < 1.29 is 31.9 Å². The Labute approximate surface area is 804 Å². The van der Waals surface area contributed by atoms with E-state index in [0.717, 1.165) is 28.5 Å². The summed E-state index contributed by atoms with van der Waals surface area (Å²) < 4.78 is 71.6. The van der Waals surface area contributed by atoms with Crippen LogP contribution in [0, 0.1) is 37.1 Å². The number of rotatable bonds is 15. The van der Waals surface area contributed by atoms with Gasteiger partial charge < -0.3 is 60.3 Å². The molecule has 0 unspecified atom stereocenters. The number of hydrogen-bond donors (Lipinski definition) is 3. The maximum absolute atomic E-state index is 16.4. The maximum Gasteiger partial charge on any atom is 0.355 e. The van der Waals surface area contributed by atoms with Crippen LogP contribution in [-0.4, -0.2) is 190 Å². The van der Waals surface area contributed by atoms with Gasteiger partial charge in [0.15, 0.2) is 28.2 Å². The number of fused-ring (bicyclic) bond motifs is 6. The second kappa shape index (κ2) is 36.8. The number of piperazine rings is 3. The van der Waals surface area contributed by atoms with E-state index in [-0.39, 0.29) is 166 Å². The zero-order valence-corrected chi connectivity index (χ0v) is 80.8. The summed E-state index contributed by atoms with van der Waals surface area (Å²) in [5.74, 6) is -2.18. The van der Waals surface area contributed by atoms with Crippen molar-refractivity contribution in [3.05, 3.63) is 234 Å². The van der Waals surface area contributed by atoms with E-state index < -0.39 is 40.3 Å². The quantitative estimate of drug-likeness (QED) is 0.0487. The molecule has 3 amide bonds. The second-order valence-corrected chi connectivity index (χ2v) is 37.6. The fourth-order valence-corrected chi connectivity index (χ4v) is 20.2. The van der Waals surface area contributed by atoms with Gasteiger partial charge in [0, 0.05) is 136 Å². The summed E-state index contributed by atoms with van der Waals surface area (Å²) in [6, 6.07) is 17.8. The van der Waals surface area contributed by atoms with Gasteiger partial charge in [-0.05, 0) is 159 Å². The molecule has 138 heavy (non-hydrogen) atoms. The third-order valence-corrected chi connectivity index (χ3v) is 27.1. The number of hydrogen-bond acceptors (Lipinski definition) is 23. The van der Waals surface area contributed by atoms with Gasteiger partial charge in [-0.25, -0.2) is 85.5 Å². The monoisotopic (exact) mass is 1930 g/mol. The first-order valence-corrected chi connectivity index (χ1v) is 46.2. The first kappa shape index (κ1) is 95.2. The summed E-state index contributed by atoms with van der Waals surface area (Å²) in [5, 5.41) is 1.65. The molecule has 6 atom stereocenters. The molecule has 4 aromatic carbocycles. The van der Waals surface area contributed by atoms with Crippen LogP contribution >= 0.6 is 34.8 Å². The van der Waals surface area contributed by atoms with Crippen LogP contribution in [0.25, 0.3) is 117 Å². The van der Waals surface area contributed by atoms with Crippen molar-refractivity contribution in [2.45, 2.75) is 150 Å². The van der Waals surface area contributed by atoms with Gasteiger partial charge >= 0.3 is 17.1 Å². The number of nitrogen functional groups attached to an aromatic ring is 3. The lowest BCUT2D eigenvalue weighted by atomic mass is 9.99. The second-order valence-electron chi connectivity index (χ2n) is 36.4. The van der Waals surface area contributed by atoms with Crippen LogP contribution in [0.4, 0.5) is 52.1 Å². The van der Waals surface area contributed by atoms with E-state index in [9.17, 15) is 28.8 Å². The van der Waals surface area contributed by atoms with Gasteiger partial charge in [0.1, 0.15) is 51.8 Å². The number of aromatic nitrogens is 17. The molecule has 14 heterocycles. The Balaban J connectivity index is 0.000000143. The first-order chi connectivity index (χ1) is 65.7. The van der Waals surface area contributed by atoms with Crippen LogP contribution in [-0.2, 0) is 35.5 Å². The van der Waals surface area contributed by atoms with Crippen LogP contribution in [0.1, 0.15) is 128 Å². The van der Waals surface area contributed by atoms with Crippen molar-refractivity contribution in [3.63, 3.8) is 0 Å². The lowest BCUT2D eigenvalue weighted by Crippen LogP contribution is -2.58. The summed E-state index contributed by atoms with van der Waals surface area (Å²) in [6.45, 7) is 36.4. The minimum Gasteiger partial charge on any atom is -0.398 e. The van der Waals surface area contributed by atoms with Crippen molar-refractivity contribution in [3.8, 4) is 50.8 Å². The number of pyridine rings is 5. The van der Waals surface area contributed by atoms with Crippen LogP contribution in [0.2, 0.25) is 15.1 Å². The summed E-state index contributed by atoms with van der Waals surface area (Å²) in [4.78, 5) is 144. The highest BCUT2D eigenvalue weighted by Crippen LogP contribution is 2.49. The molecular weight excluding hydrogens is 1830 g/mol. The Kier molecular flexibility index (Phi) is 25.4. The number of carbonyl (C=O) groups is 3. The van der Waals surface area contributed by atoms with Gasteiger partial charge in [-0.15, -0.1) is 0 Å². The van der Waals surface area contributed by atoms with Crippen molar-refractivity contribution in [1.29, 1.82) is 0 Å². The molecule has 0 bridgehead atoms. The zero-order valence-electron chi connectivity index (χ0n) is 78.6. The Morgan fingerprint density at radius 3 is 1.03 bits per heavy atom. The topological polar surface area (TPSA) is 371 Å². The summed E-state index contributed by atoms with van der Waals surface area (Å²) in [7, 11) is 5.51. The molecule has 19 rings (SSSR count). The van der Waals surface area contributed by atoms with E-state index in [1.165, 1.54) is 75.9 Å². The molecule has 4 fully saturated rings. The highest BCUT2D eigenvalue weighted by molar-refractivity contribution is 6.35. The molecule has 0 radical (unpaired) electrons.